The molecule has 0 unspecified atom stereocenters. The largest absolute Gasteiger partial charge is 0.459 e. The van der Waals surface area contributed by atoms with E-state index < -0.39 is 10.0 Å². The third-order valence-corrected chi connectivity index (χ3v) is 7.99. The second kappa shape index (κ2) is 11.0. The van der Waals surface area contributed by atoms with Crippen molar-refractivity contribution in [2.75, 3.05) is 0 Å². The van der Waals surface area contributed by atoms with E-state index in [0.717, 1.165) is 11.1 Å². The minimum absolute atomic E-state index is 0.0411. The van der Waals surface area contributed by atoms with Gasteiger partial charge in [0.1, 0.15) is 11.5 Å². The van der Waals surface area contributed by atoms with Crippen LogP contribution in [0.1, 0.15) is 22.6 Å². The van der Waals surface area contributed by atoms with Gasteiger partial charge in [0.2, 0.25) is 10.0 Å². The second-order valence-electron chi connectivity index (χ2n) is 7.87. The van der Waals surface area contributed by atoms with Gasteiger partial charge in [-0.05, 0) is 67.1 Å². The van der Waals surface area contributed by atoms with Crippen molar-refractivity contribution in [1.29, 1.82) is 0 Å². The molecule has 35 heavy (non-hydrogen) atoms. The minimum Gasteiger partial charge on any atom is -0.459 e. The molecule has 0 atom stereocenters. The van der Waals surface area contributed by atoms with Gasteiger partial charge in [-0.25, -0.2) is 8.42 Å². The number of rotatable bonds is 8. The van der Waals surface area contributed by atoms with Crippen molar-refractivity contribution >= 4 is 56.7 Å². The van der Waals surface area contributed by atoms with Crippen LogP contribution in [0.5, 0.6) is 0 Å². The van der Waals surface area contributed by atoms with E-state index in [9.17, 15) is 8.42 Å². The van der Waals surface area contributed by atoms with Crippen LogP contribution in [-0.2, 0) is 23.1 Å². The van der Waals surface area contributed by atoms with Gasteiger partial charge in [-0.1, -0.05) is 64.6 Å². The van der Waals surface area contributed by atoms with Crippen LogP contribution in [-0.4, -0.2) is 18.9 Å². The first kappa shape index (κ1) is 25.5. The molecule has 0 aliphatic carbocycles. The molecule has 1 heterocycles. The summed E-state index contributed by atoms with van der Waals surface area (Å²) in [6.07, 6.45) is 1.54. The van der Waals surface area contributed by atoms with E-state index in [4.69, 9.17) is 39.2 Å². The monoisotopic (exact) mass is 546 g/mol. The fourth-order valence-electron chi connectivity index (χ4n) is 3.30. The molecule has 3 aromatic carbocycles. The molecule has 0 bridgehead atoms. The molecule has 0 amide bonds. The van der Waals surface area contributed by atoms with Gasteiger partial charge in [0.25, 0.3) is 0 Å². The molecular formula is C26H21Cl3N2O3S. The molecule has 9 heteroatoms. The highest BCUT2D eigenvalue weighted by Gasteiger charge is 2.26. The molecule has 0 aliphatic heterocycles. The summed E-state index contributed by atoms with van der Waals surface area (Å²) in [5, 5.41) is 1.43. The first-order valence-electron chi connectivity index (χ1n) is 10.6. The van der Waals surface area contributed by atoms with Crippen LogP contribution in [0.3, 0.4) is 0 Å². The smallest absolute Gasteiger partial charge is 0.243 e. The highest BCUT2D eigenvalue weighted by Crippen LogP contribution is 2.27. The van der Waals surface area contributed by atoms with E-state index in [1.165, 1.54) is 4.31 Å². The van der Waals surface area contributed by atoms with Gasteiger partial charge in [-0.3, -0.25) is 4.99 Å². The number of benzene rings is 3. The van der Waals surface area contributed by atoms with Gasteiger partial charge in [-0.2, -0.15) is 4.31 Å². The Bertz CT molecular complexity index is 1450. The molecule has 0 spiro atoms. The summed E-state index contributed by atoms with van der Waals surface area (Å²) >= 11 is 18.0. The average Bonchev–Trinajstić information content (AvgIpc) is 3.28. The predicted molar refractivity (Wildman–Crippen MR) is 141 cm³/mol. The van der Waals surface area contributed by atoms with Crippen molar-refractivity contribution in [2.45, 2.75) is 24.9 Å². The summed E-state index contributed by atoms with van der Waals surface area (Å²) in [4.78, 5) is 4.56. The molecule has 1 aromatic heterocycles. The zero-order valence-electron chi connectivity index (χ0n) is 18.7. The lowest BCUT2D eigenvalue weighted by Crippen LogP contribution is -2.30. The van der Waals surface area contributed by atoms with Crippen LogP contribution < -0.4 is 0 Å². The highest BCUT2D eigenvalue weighted by atomic mass is 35.5. The van der Waals surface area contributed by atoms with Crippen molar-refractivity contribution in [2.24, 2.45) is 4.99 Å². The Kier molecular flexibility index (Phi) is 7.99. The third-order valence-electron chi connectivity index (χ3n) is 5.19. The number of halogens is 3. The Labute approximate surface area is 219 Å². The van der Waals surface area contributed by atoms with E-state index in [0.29, 0.717) is 32.3 Å². The zero-order valence-corrected chi connectivity index (χ0v) is 21.7. The maximum Gasteiger partial charge on any atom is 0.243 e. The molecule has 0 saturated heterocycles. The van der Waals surface area contributed by atoms with E-state index in [2.05, 4.69) is 4.99 Å². The van der Waals surface area contributed by atoms with Gasteiger partial charge in [0.05, 0.1) is 33.4 Å². The Hall–Kier alpha value is -2.61. The molecule has 0 saturated carbocycles. The molecule has 4 rings (SSSR count). The number of hydrogen-bond acceptors (Lipinski definition) is 4. The third kappa shape index (κ3) is 6.54. The average molecular weight is 548 g/mol. The summed E-state index contributed by atoms with van der Waals surface area (Å²) < 4.78 is 34.2. The number of nitrogens with zero attached hydrogens (tertiary/aromatic N) is 2. The summed E-state index contributed by atoms with van der Waals surface area (Å²) in [7, 11) is -3.80. The Morgan fingerprint density at radius 3 is 2.26 bits per heavy atom. The molecular weight excluding hydrogens is 527 g/mol. The molecule has 0 radical (unpaired) electrons. The normalized spacial score (nSPS) is 12.0. The Morgan fingerprint density at radius 1 is 0.857 bits per heavy atom. The van der Waals surface area contributed by atoms with E-state index in [-0.39, 0.29) is 18.0 Å². The lowest BCUT2D eigenvalue weighted by molar-refractivity contribution is 0.357. The topological polar surface area (TPSA) is 62.9 Å². The van der Waals surface area contributed by atoms with E-state index >= 15 is 0 Å². The maximum absolute atomic E-state index is 13.5. The molecule has 4 aromatic rings. The van der Waals surface area contributed by atoms with Crippen LogP contribution in [0.15, 0.2) is 93.2 Å². The van der Waals surface area contributed by atoms with Crippen molar-refractivity contribution in [1.82, 2.24) is 4.31 Å². The first-order chi connectivity index (χ1) is 16.7. The molecule has 0 fully saturated rings. The van der Waals surface area contributed by atoms with Crippen molar-refractivity contribution in [3.8, 4) is 0 Å². The predicted octanol–water partition coefficient (Wildman–Crippen LogP) is 7.69. The van der Waals surface area contributed by atoms with Gasteiger partial charge in [-0.15, -0.1) is 0 Å². The van der Waals surface area contributed by atoms with Crippen molar-refractivity contribution in [3.05, 3.63) is 117 Å². The second-order valence-corrected chi connectivity index (χ2v) is 11.1. The maximum atomic E-state index is 13.5. The summed E-state index contributed by atoms with van der Waals surface area (Å²) in [6.45, 7) is 2.10. The molecule has 0 N–H and O–H groups in total. The van der Waals surface area contributed by atoms with Gasteiger partial charge < -0.3 is 4.42 Å². The molecule has 5 nitrogen and oxygen atoms in total. The lowest BCUT2D eigenvalue weighted by Gasteiger charge is -2.21. The molecule has 180 valence electrons. The number of furan rings is 1. The zero-order chi connectivity index (χ0) is 25.0. The lowest BCUT2D eigenvalue weighted by atomic mass is 10.2. The fourth-order valence-corrected chi connectivity index (χ4v) is 5.12. The van der Waals surface area contributed by atoms with Crippen LogP contribution in [0, 0.1) is 6.92 Å². The number of aliphatic imine (C=N–C) groups is 1. The van der Waals surface area contributed by atoms with E-state index in [1.807, 2.05) is 6.92 Å². The van der Waals surface area contributed by atoms with Gasteiger partial charge in [0, 0.05) is 11.6 Å². The van der Waals surface area contributed by atoms with Crippen LogP contribution in [0.4, 0.5) is 5.69 Å². The highest BCUT2D eigenvalue weighted by molar-refractivity contribution is 7.89. The number of hydrogen-bond donors (Lipinski definition) is 0. The van der Waals surface area contributed by atoms with Crippen LogP contribution >= 0.6 is 34.8 Å². The van der Waals surface area contributed by atoms with Crippen LogP contribution in [0.2, 0.25) is 15.1 Å². The quantitative estimate of drug-likeness (QED) is 0.212. The van der Waals surface area contributed by atoms with E-state index in [1.54, 1.807) is 85.1 Å². The number of sulfonamides is 1. The SMILES string of the molecule is Cc1ccc(S(=O)(=O)N(Cc2ccc(Cl)cc2)Cc2ccc(C=Nc3ccc(Cl)c(Cl)c3)o2)cc1. The summed E-state index contributed by atoms with van der Waals surface area (Å²) in [5.74, 6) is 0.954. The minimum atomic E-state index is -3.80. The summed E-state index contributed by atoms with van der Waals surface area (Å²) in [6, 6.07) is 22.3. The van der Waals surface area contributed by atoms with Gasteiger partial charge >= 0.3 is 0 Å². The molecule has 0 aliphatic rings. The fraction of sp³-hybridized carbons (Fsp3) is 0.115. The number of aryl methyl sites for hydroxylation is 1. The van der Waals surface area contributed by atoms with Gasteiger partial charge in [0.15, 0.2) is 0 Å². The Morgan fingerprint density at radius 2 is 1.57 bits per heavy atom. The first-order valence-corrected chi connectivity index (χ1v) is 13.2. The van der Waals surface area contributed by atoms with Crippen molar-refractivity contribution in [3.63, 3.8) is 0 Å². The standard InChI is InChI=1S/C26H21Cl3N2O3S/c1-18-2-11-24(12-3-18)35(32,33)31(16-19-4-6-20(27)7-5-19)17-23-10-9-22(34-23)15-30-21-8-13-25(28)26(29)14-21/h2-15H,16-17H2,1H3. The van der Waals surface area contributed by atoms with Crippen molar-refractivity contribution < 1.29 is 12.8 Å². The Balaban J connectivity index is 1.58. The summed E-state index contributed by atoms with van der Waals surface area (Å²) in [5.41, 5.74) is 2.40. The van der Waals surface area contributed by atoms with Crippen LogP contribution in [0.25, 0.3) is 0 Å².